The molecular formula is C21H22N2O4S. The summed E-state index contributed by atoms with van der Waals surface area (Å²) in [6, 6.07) is 14.4. The first-order valence-corrected chi connectivity index (χ1v) is 9.86. The molecule has 0 aliphatic carbocycles. The van der Waals surface area contributed by atoms with Gasteiger partial charge in [0.2, 0.25) is 5.91 Å². The maximum absolute atomic E-state index is 12.5. The average molecular weight is 398 g/mol. The Labute approximate surface area is 167 Å². The first-order valence-electron chi connectivity index (χ1n) is 8.98. The maximum Gasteiger partial charge on any atom is 0.338 e. The predicted molar refractivity (Wildman–Crippen MR) is 108 cm³/mol. The van der Waals surface area contributed by atoms with E-state index in [1.165, 1.54) is 4.88 Å². The van der Waals surface area contributed by atoms with Crippen LogP contribution in [0.2, 0.25) is 0 Å². The minimum atomic E-state index is -0.374. The third-order valence-corrected chi connectivity index (χ3v) is 4.83. The van der Waals surface area contributed by atoms with Gasteiger partial charge in [-0.15, -0.1) is 11.3 Å². The van der Waals surface area contributed by atoms with Crippen molar-refractivity contribution in [3.8, 4) is 0 Å². The van der Waals surface area contributed by atoms with Crippen molar-refractivity contribution in [3.63, 3.8) is 0 Å². The molecule has 146 valence electrons. The Morgan fingerprint density at radius 2 is 1.93 bits per heavy atom. The predicted octanol–water partition coefficient (Wildman–Crippen LogP) is 4.16. The number of ether oxygens (including phenoxy) is 1. The highest BCUT2D eigenvalue weighted by atomic mass is 32.1. The molecule has 0 fully saturated rings. The summed E-state index contributed by atoms with van der Waals surface area (Å²) in [4.78, 5) is 27.4. The van der Waals surface area contributed by atoms with Crippen molar-refractivity contribution in [2.75, 3.05) is 18.5 Å². The number of benzene rings is 1. The van der Waals surface area contributed by atoms with Crippen LogP contribution in [0.1, 0.15) is 27.9 Å². The summed E-state index contributed by atoms with van der Waals surface area (Å²) in [6.07, 6.45) is 1.63. The topological polar surface area (TPSA) is 71.8 Å². The van der Waals surface area contributed by atoms with Crippen LogP contribution in [-0.2, 0) is 22.6 Å². The van der Waals surface area contributed by atoms with Crippen LogP contribution in [0.5, 0.6) is 0 Å². The zero-order valence-corrected chi connectivity index (χ0v) is 16.4. The summed E-state index contributed by atoms with van der Waals surface area (Å²) in [5, 5.41) is 4.89. The second-order valence-electron chi connectivity index (χ2n) is 6.15. The van der Waals surface area contributed by atoms with E-state index in [4.69, 9.17) is 9.15 Å². The van der Waals surface area contributed by atoms with Gasteiger partial charge < -0.3 is 14.5 Å². The first-order chi connectivity index (χ1) is 13.6. The molecule has 0 aliphatic rings. The monoisotopic (exact) mass is 398 g/mol. The summed E-state index contributed by atoms with van der Waals surface area (Å²) in [5.41, 5.74) is 1.09. The van der Waals surface area contributed by atoms with Gasteiger partial charge in [0, 0.05) is 17.1 Å². The van der Waals surface area contributed by atoms with Gasteiger partial charge in [0.1, 0.15) is 5.76 Å². The molecule has 1 N–H and O–H groups in total. The lowest BCUT2D eigenvalue weighted by molar-refractivity contribution is -0.117. The molecule has 0 bridgehead atoms. The van der Waals surface area contributed by atoms with Crippen LogP contribution in [0.15, 0.2) is 64.6 Å². The van der Waals surface area contributed by atoms with E-state index >= 15 is 0 Å². The van der Waals surface area contributed by atoms with Gasteiger partial charge in [-0.3, -0.25) is 9.69 Å². The van der Waals surface area contributed by atoms with Gasteiger partial charge in [0.15, 0.2) is 0 Å². The highest BCUT2D eigenvalue weighted by Crippen LogP contribution is 2.16. The molecule has 0 radical (unpaired) electrons. The lowest BCUT2D eigenvalue weighted by atomic mass is 10.2. The normalized spacial score (nSPS) is 10.8. The minimum Gasteiger partial charge on any atom is -0.468 e. The van der Waals surface area contributed by atoms with Crippen LogP contribution in [0, 0.1) is 0 Å². The highest BCUT2D eigenvalue weighted by molar-refractivity contribution is 7.09. The van der Waals surface area contributed by atoms with E-state index in [9.17, 15) is 9.59 Å². The Hall–Kier alpha value is -2.90. The van der Waals surface area contributed by atoms with Crippen LogP contribution in [-0.4, -0.2) is 29.9 Å². The summed E-state index contributed by atoms with van der Waals surface area (Å²) in [5.74, 6) is 0.302. The quantitative estimate of drug-likeness (QED) is 0.548. The number of anilines is 1. The molecule has 3 rings (SSSR count). The lowest BCUT2D eigenvalue weighted by Gasteiger charge is -2.20. The number of furan rings is 1. The van der Waals surface area contributed by atoms with E-state index in [1.807, 2.05) is 34.5 Å². The lowest BCUT2D eigenvalue weighted by Crippen LogP contribution is -2.32. The molecule has 3 aromatic rings. The fourth-order valence-electron chi connectivity index (χ4n) is 2.72. The van der Waals surface area contributed by atoms with E-state index in [0.717, 1.165) is 5.76 Å². The number of carbonyl (C=O) groups is 2. The van der Waals surface area contributed by atoms with Crippen molar-refractivity contribution in [1.82, 2.24) is 4.90 Å². The zero-order chi connectivity index (χ0) is 19.8. The molecule has 2 heterocycles. The molecule has 7 heteroatoms. The number of amides is 1. The molecule has 0 spiro atoms. The van der Waals surface area contributed by atoms with Gasteiger partial charge in [0.25, 0.3) is 0 Å². The smallest absolute Gasteiger partial charge is 0.338 e. The van der Waals surface area contributed by atoms with E-state index < -0.39 is 0 Å². The number of nitrogens with one attached hydrogen (secondary N) is 1. The first kappa shape index (κ1) is 19.9. The van der Waals surface area contributed by atoms with Crippen molar-refractivity contribution < 1.29 is 18.7 Å². The number of thiophene rings is 1. The molecule has 0 saturated heterocycles. The van der Waals surface area contributed by atoms with Crippen LogP contribution in [0.4, 0.5) is 5.69 Å². The minimum absolute atomic E-state index is 0.132. The van der Waals surface area contributed by atoms with E-state index in [-0.39, 0.29) is 18.4 Å². The van der Waals surface area contributed by atoms with E-state index in [2.05, 4.69) is 5.32 Å². The number of rotatable bonds is 9. The molecule has 0 unspecified atom stereocenters. The molecule has 0 atom stereocenters. The Kier molecular flexibility index (Phi) is 7.00. The number of carbonyl (C=O) groups excluding carboxylic acids is 2. The van der Waals surface area contributed by atoms with Crippen LogP contribution < -0.4 is 5.32 Å². The molecule has 0 saturated carbocycles. The molecule has 0 aliphatic heterocycles. The Morgan fingerprint density at radius 3 is 2.57 bits per heavy atom. The fraction of sp³-hybridized carbons (Fsp3) is 0.238. The number of esters is 1. The van der Waals surface area contributed by atoms with Gasteiger partial charge in [-0.2, -0.15) is 0 Å². The van der Waals surface area contributed by atoms with Gasteiger partial charge in [-0.1, -0.05) is 6.07 Å². The van der Waals surface area contributed by atoms with Crippen LogP contribution in [0.3, 0.4) is 0 Å². The third kappa shape index (κ3) is 5.80. The van der Waals surface area contributed by atoms with Crippen molar-refractivity contribution in [2.45, 2.75) is 20.0 Å². The van der Waals surface area contributed by atoms with Crippen molar-refractivity contribution >= 4 is 28.9 Å². The number of hydrogen-bond acceptors (Lipinski definition) is 6. The average Bonchev–Trinajstić information content (AvgIpc) is 3.36. The van der Waals surface area contributed by atoms with E-state index in [1.54, 1.807) is 48.8 Å². The summed E-state index contributed by atoms with van der Waals surface area (Å²) in [7, 11) is 0. The third-order valence-electron chi connectivity index (χ3n) is 3.97. The number of nitrogens with zero attached hydrogens (tertiary/aromatic N) is 1. The Morgan fingerprint density at radius 1 is 1.11 bits per heavy atom. The zero-order valence-electron chi connectivity index (χ0n) is 15.6. The summed E-state index contributed by atoms with van der Waals surface area (Å²) >= 11 is 1.66. The van der Waals surface area contributed by atoms with Gasteiger partial charge in [0.05, 0.1) is 31.5 Å². The van der Waals surface area contributed by atoms with E-state index in [0.29, 0.717) is 30.9 Å². The molecule has 1 aromatic carbocycles. The van der Waals surface area contributed by atoms with Crippen LogP contribution in [0.25, 0.3) is 0 Å². The second-order valence-corrected chi connectivity index (χ2v) is 7.18. The fourth-order valence-corrected chi connectivity index (χ4v) is 3.47. The van der Waals surface area contributed by atoms with Gasteiger partial charge in [-0.05, 0) is 54.8 Å². The summed E-state index contributed by atoms with van der Waals surface area (Å²) in [6.45, 7) is 3.51. The van der Waals surface area contributed by atoms with Crippen molar-refractivity contribution in [1.29, 1.82) is 0 Å². The molecule has 28 heavy (non-hydrogen) atoms. The SMILES string of the molecule is CCOC(=O)c1ccc(NC(=O)CN(Cc2ccco2)Cc2cccs2)cc1. The maximum atomic E-state index is 12.5. The van der Waals surface area contributed by atoms with Crippen LogP contribution >= 0.6 is 11.3 Å². The highest BCUT2D eigenvalue weighted by Gasteiger charge is 2.15. The standard InChI is InChI=1S/C21H22N2O4S/c1-2-26-21(25)16-7-9-17(10-8-16)22-20(24)15-23(13-18-5-3-11-27-18)14-19-6-4-12-28-19/h3-12H,2,13-15H2,1H3,(H,22,24). The van der Waals surface area contributed by atoms with Gasteiger partial charge in [-0.25, -0.2) is 4.79 Å². The Balaban J connectivity index is 1.60. The molecular weight excluding hydrogens is 376 g/mol. The Bertz CT molecular complexity index is 838. The molecule has 6 nitrogen and oxygen atoms in total. The second kappa shape index (κ2) is 9.87. The number of hydrogen-bond donors (Lipinski definition) is 1. The van der Waals surface area contributed by atoms with Crippen molar-refractivity contribution in [2.24, 2.45) is 0 Å². The van der Waals surface area contributed by atoms with Crippen molar-refractivity contribution in [3.05, 3.63) is 76.4 Å². The summed E-state index contributed by atoms with van der Waals surface area (Å²) < 4.78 is 10.4. The van der Waals surface area contributed by atoms with Gasteiger partial charge >= 0.3 is 5.97 Å². The molecule has 2 aromatic heterocycles. The largest absolute Gasteiger partial charge is 0.468 e. The molecule has 1 amide bonds.